The number of aromatic nitrogens is 2. The Bertz CT molecular complexity index is 2500. The summed E-state index contributed by atoms with van der Waals surface area (Å²) in [6, 6.07) is 45.4. The lowest BCUT2D eigenvalue weighted by Gasteiger charge is -2.34. The molecule has 8 aromatic rings. The third-order valence-corrected chi connectivity index (χ3v) is 10.9. The van der Waals surface area contributed by atoms with E-state index in [0.29, 0.717) is 0 Å². The molecule has 0 bridgehead atoms. The number of rotatable bonds is 1. The average molecular weight is 565 g/mol. The number of para-hydroxylation sites is 4. The molecule has 0 fully saturated rings. The normalized spacial score (nSPS) is 15.6. The first-order valence-corrected chi connectivity index (χ1v) is 15.7. The molecule has 1 aliphatic heterocycles. The summed E-state index contributed by atoms with van der Waals surface area (Å²) in [6.45, 7) is 9.61. The van der Waals surface area contributed by atoms with Crippen LogP contribution in [0, 0.1) is 0 Å². The van der Waals surface area contributed by atoms with E-state index in [1.807, 2.05) is 0 Å². The summed E-state index contributed by atoms with van der Waals surface area (Å²) < 4.78 is 4.99. The summed E-state index contributed by atoms with van der Waals surface area (Å²) in [5.41, 5.74) is 15.8. The molecule has 0 spiro atoms. The zero-order valence-corrected chi connectivity index (χ0v) is 25.4. The van der Waals surface area contributed by atoms with Crippen LogP contribution in [0.4, 0.5) is 0 Å². The van der Waals surface area contributed by atoms with Crippen LogP contribution in [0.25, 0.3) is 66.1 Å². The molecule has 2 heteroatoms. The molecule has 1 aliphatic carbocycles. The van der Waals surface area contributed by atoms with Crippen LogP contribution in [0.1, 0.15) is 49.9 Å². The molecular weight excluding hydrogens is 532 g/mol. The highest BCUT2D eigenvalue weighted by Gasteiger charge is 2.41. The van der Waals surface area contributed by atoms with Gasteiger partial charge in [0.05, 0.1) is 27.8 Å². The summed E-state index contributed by atoms with van der Waals surface area (Å²) >= 11 is 0. The van der Waals surface area contributed by atoms with E-state index in [1.54, 1.807) is 0 Å². The van der Waals surface area contributed by atoms with Crippen molar-refractivity contribution in [2.45, 2.75) is 38.5 Å². The quantitative estimate of drug-likeness (QED) is 0.188. The highest BCUT2D eigenvalue weighted by atomic mass is 15.0. The molecule has 0 unspecified atom stereocenters. The van der Waals surface area contributed by atoms with Gasteiger partial charge in [0, 0.05) is 38.1 Å². The molecule has 6 aromatic carbocycles. The van der Waals surface area contributed by atoms with Crippen LogP contribution in [-0.4, -0.2) is 9.13 Å². The number of benzene rings is 6. The van der Waals surface area contributed by atoms with Gasteiger partial charge in [-0.2, -0.15) is 0 Å². The van der Waals surface area contributed by atoms with Crippen LogP contribution in [0.3, 0.4) is 0 Å². The Morgan fingerprint density at radius 3 is 1.86 bits per heavy atom. The topological polar surface area (TPSA) is 9.86 Å². The summed E-state index contributed by atoms with van der Waals surface area (Å²) in [5, 5.41) is 5.35. The zero-order valence-electron chi connectivity index (χ0n) is 25.4. The Morgan fingerprint density at radius 1 is 0.455 bits per heavy atom. The molecule has 0 radical (unpaired) electrons. The minimum absolute atomic E-state index is 0.0701. The van der Waals surface area contributed by atoms with Gasteiger partial charge in [-0.15, -0.1) is 0 Å². The lowest BCUT2D eigenvalue weighted by atomic mass is 9.74. The van der Waals surface area contributed by atoms with E-state index >= 15 is 0 Å². The second-order valence-electron chi connectivity index (χ2n) is 13.8. The zero-order chi connectivity index (χ0) is 29.5. The molecule has 0 atom stereocenters. The second kappa shape index (κ2) is 7.89. The van der Waals surface area contributed by atoms with E-state index in [2.05, 4.69) is 158 Å². The molecule has 2 aromatic heterocycles. The van der Waals surface area contributed by atoms with E-state index in [-0.39, 0.29) is 10.8 Å². The van der Waals surface area contributed by atoms with Gasteiger partial charge < -0.3 is 9.13 Å². The molecule has 210 valence electrons. The van der Waals surface area contributed by atoms with Gasteiger partial charge in [0.15, 0.2) is 0 Å². The van der Waals surface area contributed by atoms with E-state index in [1.165, 1.54) is 88.4 Å². The number of hydrogen-bond donors (Lipinski definition) is 0. The SMILES string of the molecule is CC1(C)c2cc(-n3c4ccccc4c4ccccc43)ccc2-c2ccc3c(c21)c1cccc2c1n3-c1ccccc1C2(C)C. The van der Waals surface area contributed by atoms with Crippen LogP contribution in [-0.2, 0) is 10.8 Å². The van der Waals surface area contributed by atoms with E-state index in [4.69, 9.17) is 0 Å². The fourth-order valence-electron chi connectivity index (χ4n) is 8.89. The molecule has 10 rings (SSSR count). The highest BCUT2D eigenvalue weighted by molar-refractivity contribution is 6.16. The summed E-state index contributed by atoms with van der Waals surface area (Å²) in [6.07, 6.45) is 0. The predicted octanol–water partition coefficient (Wildman–Crippen LogP) is 10.8. The van der Waals surface area contributed by atoms with Crippen molar-refractivity contribution in [3.8, 4) is 22.5 Å². The molecule has 44 heavy (non-hydrogen) atoms. The van der Waals surface area contributed by atoms with Crippen LogP contribution in [0.5, 0.6) is 0 Å². The number of hydrogen-bond acceptors (Lipinski definition) is 0. The minimum atomic E-state index is -0.169. The lowest BCUT2D eigenvalue weighted by molar-refractivity contribution is 0.630. The van der Waals surface area contributed by atoms with Gasteiger partial charge in [-0.3, -0.25) is 0 Å². The first-order chi connectivity index (χ1) is 21.4. The van der Waals surface area contributed by atoms with Crippen molar-refractivity contribution in [2.24, 2.45) is 0 Å². The number of fused-ring (bicyclic) bond motifs is 12. The Labute approximate surface area is 256 Å². The van der Waals surface area contributed by atoms with Crippen molar-refractivity contribution in [3.63, 3.8) is 0 Å². The maximum Gasteiger partial charge on any atom is 0.0582 e. The molecule has 0 N–H and O–H groups in total. The number of nitrogens with zero attached hydrogens (tertiary/aromatic N) is 2. The molecule has 3 heterocycles. The van der Waals surface area contributed by atoms with Crippen molar-refractivity contribution in [1.82, 2.24) is 9.13 Å². The van der Waals surface area contributed by atoms with Gasteiger partial charge in [-0.25, -0.2) is 0 Å². The van der Waals surface area contributed by atoms with Crippen molar-refractivity contribution in [1.29, 1.82) is 0 Å². The maximum atomic E-state index is 2.55. The van der Waals surface area contributed by atoms with Crippen LogP contribution < -0.4 is 0 Å². The molecular formula is C42H32N2. The lowest BCUT2D eigenvalue weighted by Crippen LogP contribution is -2.26. The predicted molar refractivity (Wildman–Crippen MR) is 185 cm³/mol. The van der Waals surface area contributed by atoms with Gasteiger partial charge in [-0.05, 0) is 69.8 Å². The van der Waals surface area contributed by atoms with Gasteiger partial charge >= 0.3 is 0 Å². The Balaban J connectivity index is 1.27. The second-order valence-corrected chi connectivity index (χ2v) is 13.8. The van der Waals surface area contributed by atoms with Crippen molar-refractivity contribution in [2.75, 3.05) is 0 Å². The first-order valence-electron chi connectivity index (χ1n) is 15.7. The van der Waals surface area contributed by atoms with Crippen molar-refractivity contribution < 1.29 is 0 Å². The molecule has 2 aliphatic rings. The first kappa shape index (κ1) is 24.4. The van der Waals surface area contributed by atoms with Crippen molar-refractivity contribution >= 4 is 43.6 Å². The van der Waals surface area contributed by atoms with Crippen LogP contribution in [0.2, 0.25) is 0 Å². The fraction of sp³-hybridized carbons (Fsp3) is 0.143. The summed E-state index contributed by atoms with van der Waals surface area (Å²) in [7, 11) is 0. The third kappa shape index (κ3) is 2.74. The van der Waals surface area contributed by atoms with Crippen molar-refractivity contribution in [3.05, 3.63) is 144 Å². The monoisotopic (exact) mass is 564 g/mol. The van der Waals surface area contributed by atoms with E-state index < -0.39 is 0 Å². The maximum absolute atomic E-state index is 2.55. The smallest absolute Gasteiger partial charge is 0.0582 e. The van der Waals surface area contributed by atoms with E-state index in [9.17, 15) is 0 Å². The third-order valence-electron chi connectivity index (χ3n) is 10.9. The Hall–Kier alpha value is -5.08. The molecule has 2 nitrogen and oxygen atoms in total. The van der Waals surface area contributed by atoms with E-state index in [0.717, 1.165) is 0 Å². The minimum Gasteiger partial charge on any atom is -0.309 e. The van der Waals surface area contributed by atoms with Gasteiger partial charge in [0.25, 0.3) is 0 Å². The summed E-state index contributed by atoms with van der Waals surface area (Å²) in [5.74, 6) is 0. The molecule has 0 saturated heterocycles. The van der Waals surface area contributed by atoms with Crippen LogP contribution in [0.15, 0.2) is 121 Å². The fourth-order valence-corrected chi connectivity index (χ4v) is 8.89. The largest absolute Gasteiger partial charge is 0.309 e. The van der Waals surface area contributed by atoms with Gasteiger partial charge in [-0.1, -0.05) is 113 Å². The molecule has 0 amide bonds. The van der Waals surface area contributed by atoms with Gasteiger partial charge in [0.1, 0.15) is 0 Å². The van der Waals surface area contributed by atoms with Gasteiger partial charge in [0.2, 0.25) is 0 Å². The summed E-state index contributed by atoms with van der Waals surface area (Å²) in [4.78, 5) is 0. The average Bonchev–Trinajstić information content (AvgIpc) is 3.64. The molecule has 0 saturated carbocycles. The Morgan fingerprint density at radius 2 is 1.09 bits per heavy atom. The highest BCUT2D eigenvalue weighted by Crippen LogP contribution is 2.56. The standard InChI is InChI=1S/C42H32N2/c1-41(2)31-15-7-10-19-36(31)44-37-23-22-29-26-21-20-25(43-34-17-8-5-12-27(34)28-13-6-9-18-35(28)43)24-33(26)42(3,4)39(29)38(37)30-14-11-16-32(41)40(30)44/h5-24H,1-4H3. The Kier molecular flexibility index (Phi) is 4.37. The van der Waals surface area contributed by atoms with Crippen LogP contribution >= 0.6 is 0 Å².